The number of carbonyl (C=O) groups excluding carboxylic acids is 1. The van der Waals surface area contributed by atoms with Crippen molar-refractivity contribution in [2.45, 2.75) is 12.5 Å². The number of amides is 1. The van der Waals surface area contributed by atoms with Crippen molar-refractivity contribution in [1.82, 2.24) is 9.88 Å². The van der Waals surface area contributed by atoms with Crippen LogP contribution >= 0.6 is 11.8 Å². The molecular weight excluding hydrogens is 406 g/mol. The number of carbonyl (C=O) groups is 1. The Bertz CT molecular complexity index is 1060. The van der Waals surface area contributed by atoms with Crippen LogP contribution in [0.1, 0.15) is 13.0 Å². The third-order valence-electron chi connectivity index (χ3n) is 4.95. The summed E-state index contributed by atoms with van der Waals surface area (Å²) < 4.78 is 5.32. The molecule has 5 nitrogen and oxygen atoms in total. The fourth-order valence-corrected chi connectivity index (χ4v) is 4.28. The van der Waals surface area contributed by atoms with E-state index < -0.39 is 0 Å². The molecule has 1 aromatic heterocycles. The number of hydrogen-bond donors (Lipinski definition) is 0. The van der Waals surface area contributed by atoms with E-state index in [1.54, 1.807) is 0 Å². The van der Waals surface area contributed by atoms with Crippen molar-refractivity contribution in [3.05, 3.63) is 72.3 Å². The lowest BCUT2D eigenvalue weighted by Crippen LogP contribution is -2.41. The molecule has 0 unspecified atom stereocenters. The summed E-state index contributed by atoms with van der Waals surface area (Å²) in [4.78, 5) is 19.2. The van der Waals surface area contributed by atoms with Crippen molar-refractivity contribution in [3.8, 4) is 28.5 Å². The lowest BCUT2D eigenvalue weighted by atomic mass is 9.99. The molecule has 0 atom stereocenters. The Morgan fingerprint density at radius 3 is 2.26 bits per heavy atom. The lowest BCUT2D eigenvalue weighted by molar-refractivity contribution is -0.132. The second-order valence-corrected chi connectivity index (χ2v) is 7.82. The maximum atomic E-state index is 12.6. The van der Waals surface area contributed by atoms with E-state index in [1.807, 2.05) is 71.6 Å². The fourth-order valence-electron chi connectivity index (χ4n) is 3.37. The number of pyridine rings is 1. The molecule has 1 fully saturated rings. The molecule has 1 aliphatic heterocycles. The van der Waals surface area contributed by atoms with Gasteiger partial charge in [-0.1, -0.05) is 79.9 Å². The molecule has 0 bridgehead atoms. The van der Waals surface area contributed by atoms with E-state index in [9.17, 15) is 10.1 Å². The van der Waals surface area contributed by atoms with Crippen LogP contribution in [0.25, 0.3) is 22.4 Å². The summed E-state index contributed by atoms with van der Waals surface area (Å²) in [7, 11) is 0. The number of benzene rings is 2. The molecule has 4 rings (SSSR count). The van der Waals surface area contributed by atoms with E-state index in [0.717, 1.165) is 22.4 Å². The van der Waals surface area contributed by atoms with E-state index in [4.69, 9.17) is 9.72 Å². The summed E-state index contributed by atoms with van der Waals surface area (Å²) in [5.41, 5.74) is 4.04. The molecule has 3 aromatic rings. The Morgan fingerprint density at radius 2 is 1.65 bits per heavy atom. The van der Waals surface area contributed by atoms with Crippen LogP contribution in [0.3, 0.4) is 0 Å². The standard InChI is InChI=1S/C24H21N3O2S.CH4/c25-16-21-20(18-7-3-1-4-8-18)15-22(19-9-5-2-6-10-19)26-24(21)30-17-23(28)27-11-13-29-14-12-27;/h1-10,15H,11-14,17H2;1H4. The average molecular weight is 432 g/mol. The molecule has 31 heavy (non-hydrogen) atoms. The highest BCUT2D eigenvalue weighted by Gasteiger charge is 2.20. The van der Waals surface area contributed by atoms with E-state index in [0.29, 0.717) is 36.9 Å². The van der Waals surface area contributed by atoms with Crippen molar-refractivity contribution >= 4 is 17.7 Å². The van der Waals surface area contributed by atoms with Crippen LogP contribution in [0.15, 0.2) is 71.8 Å². The van der Waals surface area contributed by atoms with Crippen molar-refractivity contribution in [1.29, 1.82) is 5.26 Å². The number of rotatable bonds is 5. The Balaban J connectivity index is 0.00000272. The van der Waals surface area contributed by atoms with Crippen LogP contribution < -0.4 is 0 Å². The molecule has 6 heteroatoms. The third-order valence-corrected chi connectivity index (χ3v) is 5.91. The van der Waals surface area contributed by atoms with Crippen molar-refractivity contribution in [2.24, 2.45) is 0 Å². The van der Waals surface area contributed by atoms with Gasteiger partial charge in [-0.2, -0.15) is 5.26 Å². The maximum Gasteiger partial charge on any atom is 0.233 e. The third kappa shape index (κ3) is 5.32. The number of ether oxygens (including phenoxy) is 1. The normalized spacial score (nSPS) is 13.2. The topological polar surface area (TPSA) is 66.2 Å². The minimum absolute atomic E-state index is 0. The van der Waals surface area contributed by atoms with Crippen molar-refractivity contribution in [3.63, 3.8) is 0 Å². The first-order chi connectivity index (χ1) is 14.8. The molecule has 0 saturated carbocycles. The number of hydrogen-bond acceptors (Lipinski definition) is 5. The quantitative estimate of drug-likeness (QED) is 0.539. The van der Waals surface area contributed by atoms with Gasteiger partial charge in [-0.25, -0.2) is 4.98 Å². The van der Waals surface area contributed by atoms with Crippen molar-refractivity contribution in [2.75, 3.05) is 32.1 Å². The minimum atomic E-state index is 0. The molecular formula is C25H25N3O2S. The highest BCUT2D eigenvalue weighted by Crippen LogP contribution is 2.34. The van der Waals surface area contributed by atoms with Gasteiger partial charge in [0, 0.05) is 24.2 Å². The maximum absolute atomic E-state index is 12.6. The number of nitrogens with zero attached hydrogens (tertiary/aromatic N) is 3. The first-order valence-corrected chi connectivity index (χ1v) is 10.8. The Morgan fingerprint density at radius 1 is 1.03 bits per heavy atom. The Hall–Kier alpha value is -3.14. The Kier molecular flexibility index (Phi) is 7.82. The van der Waals surface area contributed by atoms with Gasteiger partial charge in [0.05, 0.1) is 30.2 Å². The lowest BCUT2D eigenvalue weighted by Gasteiger charge is -2.26. The van der Waals surface area contributed by atoms with Crippen LogP contribution in [-0.4, -0.2) is 47.8 Å². The molecule has 1 saturated heterocycles. The molecule has 0 aliphatic carbocycles. The zero-order chi connectivity index (χ0) is 20.8. The highest BCUT2D eigenvalue weighted by molar-refractivity contribution is 8.00. The summed E-state index contributed by atoms with van der Waals surface area (Å²) in [5, 5.41) is 10.5. The summed E-state index contributed by atoms with van der Waals surface area (Å²) >= 11 is 1.33. The van der Waals surface area contributed by atoms with E-state index >= 15 is 0 Å². The average Bonchev–Trinajstić information content (AvgIpc) is 2.83. The molecule has 1 aliphatic rings. The van der Waals surface area contributed by atoms with Crippen LogP contribution in [0.5, 0.6) is 0 Å². The first-order valence-electron chi connectivity index (χ1n) is 9.80. The van der Waals surface area contributed by atoms with Crippen LogP contribution in [0.4, 0.5) is 0 Å². The molecule has 158 valence electrons. The minimum Gasteiger partial charge on any atom is -0.378 e. The van der Waals surface area contributed by atoms with Gasteiger partial charge in [0.1, 0.15) is 11.1 Å². The number of morpholine rings is 1. The van der Waals surface area contributed by atoms with Crippen molar-refractivity contribution < 1.29 is 9.53 Å². The van der Waals surface area contributed by atoms with Gasteiger partial charge in [0.25, 0.3) is 0 Å². The largest absolute Gasteiger partial charge is 0.378 e. The highest BCUT2D eigenvalue weighted by atomic mass is 32.2. The number of aromatic nitrogens is 1. The SMILES string of the molecule is C.N#Cc1c(-c2ccccc2)cc(-c2ccccc2)nc1SCC(=O)N1CCOCC1. The van der Waals surface area contributed by atoms with E-state index in [1.165, 1.54) is 11.8 Å². The number of thioether (sulfide) groups is 1. The fraction of sp³-hybridized carbons (Fsp3) is 0.240. The second kappa shape index (κ2) is 10.8. The van der Waals surface area contributed by atoms with E-state index in [-0.39, 0.29) is 19.1 Å². The smallest absolute Gasteiger partial charge is 0.233 e. The van der Waals surface area contributed by atoms with Crippen LogP contribution in [0.2, 0.25) is 0 Å². The second-order valence-electron chi connectivity index (χ2n) is 6.86. The molecule has 0 N–H and O–H groups in total. The molecule has 2 aromatic carbocycles. The van der Waals surface area contributed by atoms with Crippen LogP contribution in [-0.2, 0) is 9.53 Å². The Labute approximate surface area is 187 Å². The summed E-state index contributed by atoms with van der Waals surface area (Å²) in [6.45, 7) is 2.36. The molecule has 1 amide bonds. The zero-order valence-corrected chi connectivity index (χ0v) is 17.3. The predicted octanol–water partition coefficient (Wildman–Crippen LogP) is 4.87. The van der Waals surface area contributed by atoms with Gasteiger partial charge in [-0.05, 0) is 11.6 Å². The van der Waals surface area contributed by atoms with Crippen LogP contribution in [0, 0.1) is 11.3 Å². The predicted molar refractivity (Wildman–Crippen MR) is 125 cm³/mol. The zero-order valence-electron chi connectivity index (χ0n) is 16.5. The molecule has 2 heterocycles. The van der Waals surface area contributed by atoms with Gasteiger partial charge in [-0.15, -0.1) is 0 Å². The molecule has 0 radical (unpaired) electrons. The van der Waals surface area contributed by atoms with E-state index in [2.05, 4.69) is 6.07 Å². The monoisotopic (exact) mass is 431 g/mol. The summed E-state index contributed by atoms with van der Waals surface area (Å²) in [6.07, 6.45) is 0. The van der Waals surface area contributed by atoms with Gasteiger partial charge in [0.15, 0.2) is 0 Å². The summed E-state index contributed by atoms with van der Waals surface area (Å²) in [5.74, 6) is 0.286. The first kappa shape index (κ1) is 22.5. The molecule has 0 spiro atoms. The van der Waals surface area contributed by atoms with Gasteiger partial charge in [0.2, 0.25) is 5.91 Å². The van der Waals surface area contributed by atoms with Gasteiger partial charge in [-0.3, -0.25) is 4.79 Å². The number of nitriles is 1. The summed E-state index contributed by atoms with van der Waals surface area (Å²) in [6, 6.07) is 24.0. The van der Waals surface area contributed by atoms with Gasteiger partial charge < -0.3 is 9.64 Å². The van der Waals surface area contributed by atoms with Gasteiger partial charge >= 0.3 is 0 Å².